The lowest BCUT2D eigenvalue weighted by atomic mass is 9.94. The van der Waals surface area contributed by atoms with Crippen molar-refractivity contribution >= 4 is 75.3 Å². The van der Waals surface area contributed by atoms with Crippen molar-refractivity contribution in [1.82, 2.24) is 4.57 Å². The highest BCUT2D eigenvalue weighted by Gasteiger charge is 2.20. The summed E-state index contributed by atoms with van der Waals surface area (Å²) >= 11 is 1.83. The monoisotopic (exact) mass is 616 g/mol. The highest BCUT2D eigenvalue weighted by Crippen LogP contribution is 2.43. The number of nitrogens with zero attached hydrogens (tertiary/aromatic N) is 2. The molecule has 0 atom stereocenters. The van der Waals surface area contributed by atoms with Gasteiger partial charge in [-0.2, -0.15) is 5.26 Å². The van der Waals surface area contributed by atoms with Crippen LogP contribution in [0.25, 0.3) is 91.9 Å². The Morgan fingerprint density at radius 2 is 1.28 bits per heavy atom. The summed E-state index contributed by atoms with van der Waals surface area (Å²) in [7, 11) is 0. The third-order valence-corrected chi connectivity index (χ3v) is 10.6. The van der Waals surface area contributed by atoms with Crippen molar-refractivity contribution in [3.8, 4) is 34.0 Å². The largest absolute Gasteiger partial charge is 0.455 e. The van der Waals surface area contributed by atoms with Crippen LogP contribution in [0.15, 0.2) is 150 Å². The van der Waals surface area contributed by atoms with Gasteiger partial charge in [-0.15, -0.1) is 11.3 Å². The van der Waals surface area contributed by atoms with Gasteiger partial charge in [-0.1, -0.05) is 78.9 Å². The Morgan fingerprint density at radius 1 is 0.532 bits per heavy atom. The number of fused-ring (bicyclic) bond motifs is 10. The second-order valence-electron chi connectivity index (χ2n) is 12.0. The molecule has 0 aliphatic heterocycles. The van der Waals surface area contributed by atoms with Crippen molar-refractivity contribution in [2.45, 2.75) is 0 Å². The molecule has 10 rings (SSSR count). The van der Waals surface area contributed by atoms with Crippen LogP contribution in [0.2, 0.25) is 0 Å². The maximum absolute atomic E-state index is 10.1. The van der Waals surface area contributed by atoms with Crippen LogP contribution in [0.5, 0.6) is 0 Å². The van der Waals surface area contributed by atoms with E-state index in [0.717, 1.165) is 71.7 Å². The van der Waals surface area contributed by atoms with Gasteiger partial charge in [-0.05, 0) is 89.0 Å². The van der Waals surface area contributed by atoms with Crippen LogP contribution in [0, 0.1) is 11.3 Å². The lowest BCUT2D eigenvalue weighted by Gasteiger charge is -2.15. The van der Waals surface area contributed by atoms with Crippen molar-refractivity contribution in [1.29, 1.82) is 5.26 Å². The summed E-state index contributed by atoms with van der Waals surface area (Å²) in [5, 5.41) is 17.1. The summed E-state index contributed by atoms with van der Waals surface area (Å²) in [4.78, 5) is 0. The average Bonchev–Trinajstić information content (AvgIpc) is 3.80. The SMILES string of the molecule is N#Cc1ccccc1-c1cc(-c2ccc3sc4ccccc4c3c2)cc(-n2c3ccccc3c3c4oc5ccccc5c4ccc32)c1. The average molecular weight is 617 g/mol. The van der Waals surface area contributed by atoms with Gasteiger partial charge < -0.3 is 8.98 Å². The van der Waals surface area contributed by atoms with Gasteiger partial charge in [-0.3, -0.25) is 0 Å². The lowest BCUT2D eigenvalue weighted by Crippen LogP contribution is -1.96. The Balaban J connectivity index is 1.30. The van der Waals surface area contributed by atoms with Crippen LogP contribution in [-0.2, 0) is 0 Å². The quantitative estimate of drug-likeness (QED) is 0.198. The van der Waals surface area contributed by atoms with E-state index in [4.69, 9.17) is 4.42 Å². The molecule has 0 fully saturated rings. The van der Waals surface area contributed by atoms with Gasteiger partial charge in [0.15, 0.2) is 0 Å². The Hall–Kier alpha value is -6.15. The predicted molar refractivity (Wildman–Crippen MR) is 197 cm³/mol. The van der Waals surface area contributed by atoms with Crippen molar-refractivity contribution in [2.75, 3.05) is 0 Å². The van der Waals surface area contributed by atoms with Crippen LogP contribution in [-0.4, -0.2) is 4.57 Å². The van der Waals surface area contributed by atoms with E-state index in [1.807, 2.05) is 47.7 Å². The maximum Gasteiger partial charge on any atom is 0.145 e. The van der Waals surface area contributed by atoms with Gasteiger partial charge in [-0.25, -0.2) is 0 Å². The number of furan rings is 1. The molecule has 218 valence electrons. The van der Waals surface area contributed by atoms with Gasteiger partial charge in [0.2, 0.25) is 0 Å². The molecule has 0 spiro atoms. The van der Waals surface area contributed by atoms with Crippen LogP contribution < -0.4 is 0 Å². The lowest BCUT2D eigenvalue weighted by molar-refractivity contribution is 0.673. The fraction of sp³-hybridized carbons (Fsp3) is 0. The van der Waals surface area contributed by atoms with Crippen molar-refractivity contribution < 1.29 is 4.42 Å². The molecule has 0 saturated heterocycles. The zero-order chi connectivity index (χ0) is 31.1. The van der Waals surface area contributed by atoms with Crippen molar-refractivity contribution in [2.24, 2.45) is 0 Å². The summed E-state index contributed by atoms with van der Waals surface area (Å²) in [5.74, 6) is 0. The molecule has 7 aromatic carbocycles. The van der Waals surface area contributed by atoms with Crippen LogP contribution in [0.3, 0.4) is 0 Å². The van der Waals surface area contributed by atoms with Crippen molar-refractivity contribution in [3.05, 3.63) is 151 Å². The summed E-state index contributed by atoms with van der Waals surface area (Å²) < 4.78 is 11.5. The summed E-state index contributed by atoms with van der Waals surface area (Å²) in [6.07, 6.45) is 0. The first-order chi connectivity index (χ1) is 23.2. The van der Waals surface area contributed by atoms with E-state index in [1.54, 1.807) is 0 Å². The minimum absolute atomic E-state index is 0.654. The maximum atomic E-state index is 10.1. The first kappa shape index (κ1) is 26.1. The Morgan fingerprint density at radius 3 is 2.19 bits per heavy atom. The zero-order valence-electron chi connectivity index (χ0n) is 25.1. The first-order valence-electron chi connectivity index (χ1n) is 15.7. The molecule has 0 radical (unpaired) electrons. The number of hydrogen-bond acceptors (Lipinski definition) is 3. The Bertz CT molecular complexity index is 2930. The van der Waals surface area contributed by atoms with Crippen LogP contribution >= 0.6 is 11.3 Å². The van der Waals surface area contributed by atoms with E-state index in [0.29, 0.717) is 5.56 Å². The molecule has 0 amide bonds. The normalized spacial score (nSPS) is 11.8. The van der Waals surface area contributed by atoms with E-state index in [2.05, 4.69) is 120 Å². The van der Waals surface area contributed by atoms with E-state index in [1.165, 1.54) is 20.2 Å². The van der Waals surface area contributed by atoms with Gasteiger partial charge in [0.05, 0.1) is 28.1 Å². The Kier molecular flexibility index (Phi) is 5.51. The third kappa shape index (κ3) is 3.85. The number of rotatable bonds is 3. The van der Waals surface area contributed by atoms with Gasteiger partial charge in [0.1, 0.15) is 11.2 Å². The molecule has 4 heteroatoms. The molecule has 3 aromatic heterocycles. The second-order valence-corrected chi connectivity index (χ2v) is 13.1. The number of nitriles is 1. The number of hydrogen-bond donors (Lipinski definition) is 0. The number of thiophene rings is 1. The molecule has 10 aromatic rings. The zero-order valence-corrected chi connectivity index (χ0v) is 25.9. The molecule has 3 nitrogen and oxygen atoms in total. The summed E-state index contributed by atoms with van der Waals surface area (Å²) in [6.45, 7) is 0. The standard InChI is InChI=1S/C43H24N2OS/c44-25-27-9-1-2-10-31(27)29-21-28(26-17-20-41-36(24-26)33-12-5-8-16-40(33)47-41)22-30(23-29)45-37-14-6-3-13-35(37)42-38(45)19-18-34-32-11-4-7-15-39(32)46-43(34)42/h1-24H. The molecule has 0 N–H and O–H groups in total. The fourth-order valence-corrected chi connectivity index (χ4v) is 8.40. The Labute approximate surface area is 273 Å². The predicted octanol–water partition coefficient (Wildman–Crippen LogP) is 12.3. The van der Waals surface area contributed by atoms with Gasteiger partial charge >= 0.3 is 0 Å². The second kappa shape index (κ2) is 9.92. The summed E-state index contributed by atoms with van der Waals surface area (Å²) in [5.41, 5.74) is 9.81. The highest BCUT2D eigenvalue weighted by atomic mass is 32.1. The van der Waals surface area contributed by atoms with E-state index < -0.39 is 0 Å². The molecular formula is C43H24N2OS. The highest BCUT2D eigenvalue weighted by molar-refractivity contribution is 7.25. The van der Waals surface area contributed by atoms with Crippen LogP contribution in [0.4, 0.5) is 0 Å². The summed E-state index contributed by atoms with van der Waals surface area (Å²) in [6, 6.07) is 53.6. The first-order valence-corrected chi connectivity index (χ1v) is 16.5. The number of aromatic nitrogens is 1. The molecule has 0 aliphatic carbocycles. The molecule has 0 bridgehead atoms. The topological polar surface area (TPSA) is 41.9 Å². The number of para-hydroxylation sites is 2. The molecule has 3 heterocycles. The van der Waals surface area contributed by atoms with E-state index in [9.17, 15) is 5.26 Å². The van der Waals surface area contributed by atoms with E-state index in [-0.39, 0.29) is 0 Å². The van der Waals surface area contributed by atoms with Crippen molar-refractivity contribution in [3.63, 3.8) is 0 Å². The third-order valence-electron chi connectivity index (χ3n) is 9.42. The molecule has 0 aliphatic rings. The smallest absolute Gasteiger partial charge is 0.145 e. The van der Waals surface area contributed by atoms with E-state index >= 15 is 0 Å². The molecule has 0 unspecified atom stereocenters. The fourth-order valence-electron chi connectivity index (χ4n) is 7.31. The molecule has 0 saturated carbocycles. The minimum Gasteiger partial charge on any atom is -0.455 e. The molecule has 47 heavy (non-hydrogen) atoms. The van der Waals surface area contributed by atoms with Crippen LogP contribution in [0.1, 0.15) is 5.56 Å². The minimum atomic E-state index is 0.654. The van der Waals surface area contributed by atoms with Gasteiger partial charge in [0, 0.05) is 42.0 Å². The molecular weight excluding hydrogens is 593 g/mol. The van der Waals surface area contributed by atoms with Gasteiger partial charge in [0.25, 0.3) is 0 Å². The number of benzene rings is 7.